The molecule has 0 spiro atoms. The van der Waals surface area contributed by atoms with Crippen LogP contribution in [0.4, 0.5) is 0 Å². The molecule has 1 aromatic heterocycles. The zero-order valence-electron chi connectivity index (χ0n) is 10.1. The number of ether oxygens (including phenoxy) is 1. The van der Waals surface area contributed by atoms with E-state index in [1.807, 2.05) is 17.0 Å². The fraction of sp³-hybridized carbons (Fsp3) is 0.538. The molecule has 92 valence electrons. The summed E-state index contributed by atoms with van der Waals surface area (Å²) in [5.41, 5.74) is 1.02. The molecular formula is C13H18N2O2. The summed E-state index contributed by atoms with van der Waals surface area (Å²) in [6.45, 7) is 0.826. The average molecular weight is 234 g/mol. The molecule has 1 aromatic rings. The zero-order valence-corrected chi connectivity index (χ0v) is 10.1. The molecule has 1 aliphatic heterocycles. The second-order valence-corrected chi connectivity index (χ2v) is 4.31. The molecule has 0 aliphatic carbocycles. The average Bonchev–Trinajstić information content (AvgIpc) is 2.63. The summed E-state index contributed by atoms with van der Waals surface area (Å²) < 4.78 is 5.28. The fourth-order valence-electron chi connectivity index (χ4n) is 2.42. The predicted molar refractivity (Wildman–Crippen MR) is 64.8 cm³/mol. The Labute approximate surface area is 102 Å². The highest BCUT2D eigenvalue weighted by Gasteiger charge is 2.24. The fourth-order valence-corrected chi connectivity index (χ4v) is 2.42. The van der Waals surface area contributed by atoms with Crippen LogP contribution in [0, 0.1) is 0 Å². The van der Waals surface area contributed by atoms with Crippen LogP contribution < -0.4 is 4.74 Å². The molecule has 1 saturated heterocycles. The molecule has 4 heteroatoms. The number of carbonyl (C=O) groups is 1. The van der Waals surface area contributed by atoms with E-state index in [1.165, 1.54) is 6.42 Å². The van der Waals surface area contributed by atoms with Crippen molar-refractivity contribution in [2.24, 2.45) is 0 Å². The quantitative estimate of drug-likeness (QED) is 0.753. The maximum Gasteiger partial charge on any atom is 0.218 e. The van der Waals surface area contributed by atoms with Crippen molar-refractivity contribution in [1.29, 1.82) is 0 Å². The molecule has 4 nitrogen and oxygen atoms in total. The topological polar surface area (TPSA) is 42.4 Å². The van der Waals surface area contributed by atoms with Crippen molar-refractivity contribution < 1.29 is 9.53 Å². The molecule has 0 N–H and O–H groups in total. The van der Waals surface area contributed by atoms with Crippen molar-refractivity contribution in [3.8, 4) is 5.88 Å². The van der Waals surface area contributed by atoms with Crippen molar-refractivity contribution in [1.82, 2.24) is 9.88 Å². The Morgan fingerprint density at radius 1 is 1.47 bits per heavy atom. The van der Waals surface area contributed by atoms with Gasteiger partial charge in [-0.2, -0.15) is 0 Å². The SMILES string of the molecule is COc1ncccc1[C@@H]1CCCCCN1C=O. The first-order valence-corrected chi connectivity index (χ1v) is 6.06. The number of hydrogen-bond donors (Lipinski definition) is 0. The summed E-state index contributed by atoms with van der Waals surface area (Å²) in [5.74, 6) is 0.631. The summed E-state index contributed by atoms with van der Waals surface area (Å²) in [7, 11) is 1.62. The molecule has 0 bridgehead atoms. The van der Waals surface area contributed by atoms with Crippen LogP contribution in [0.15, 0.2) is 18.3 Å². The number of rotatable bonds is 3. The number of methoxy groups -OCH3 is 1. The lowest BCUT2D eigenvalue weighted by Gasteiger charge is -2.27. The van der Waals surface area contributed by atoms with Gasteiger partial charge in [-0.3, -0.25) is 4.79 Å². The summed E-state index contributed by atoms with van der Waals surface area (Å²) >= 11 is 0. The van der Waals surface area contributed by atoms with E-state index in [2.05, 4.69) is 4.98 Å². The Morgan fingerprint density at radius 2 is 2.35 bits per heavy atom. The standard InChI is InChI=1S/C13H18N2O2/c1-17-13-11(6-5-8-14-13)12-7-3-2-4-9-15(12)10-16/h5-6,8,10,12H,2-4,7,9H2,1H3/t12-/m0/s1. The third kappa shape index (κ3) is 2.57. The minimum atomic E-state index is 0.110. The van der Waals surface area contributed by atoms with Gasteiger partial charge in [-0.25, -0.2) is 4.98 Å². The molecular weight excluding hydrogens is 216 g/mol. The molecule has 1 atom stereocenters. The number of nitrogens with zero attached hydrogens (tertiary/aromatic N) is 2. The van der Waals surface area contributed by atoms with E-state index in [1.54, 1.807) is 13.3 Å². The molecule has 1 amide bonds. The van der Waals surface area contributed by atoms with Crippen molar-refractivity contribution in [2.75, 3.05) is 13.7 Å². The molecule has 0 radical (unpaired) electrons. The zero-order chi connectivity index (χ0) is 12.1. The van der Waals surface area contributed by atoms with Gasteiger partial charge >= 0.3 is 0 Å². The number of aromatic nitrogens is 1. The molecule has 1 aliphatic rings. The Bertz CT molecular complexity index is 381. The van der Waals surface area contributed by atoms with Gasteiger partial charge in [-0.1, -0.05) is 18.9 Å². The summed E-state index contributed by atoms with van der Waals surface area (Å²) in [5, 5.41) is 0. The van der Waals surface area contributed by atoms with Crippen LogP contribution in [0.2, 0.25) is 0 Å². The number of likely N-dealkylation sites (tertiary alicyclic amines) is 1. The van der Waals surface area contributed by atoms with Crippen LogP contribution in [-0.4, -0.2) is 29.9 Å². The number of amides is 1. The van der Waals surface area contributed by atoms with Crippen LogP contribution in [0.1, 0.15) is 37.3 Å². The van der Waals surface area contributed by atoms with E-state index < -0.39 is 0 Å². The lowest BCUT2D eigenvalue weighted by atomic mass is 10.0. The van der Waals surface area contributed by atoms with Gasteiger partial charge in [0.05, 0.1) is 13.2 Å². The number of pyridine rings is 1. The van der Waals surface area contributed by atoms with E-state index in [0.717, 1.165) is 37.8 Å². The lowest BCUT2D eigenvalue weighted by molar-refractivity contribution is -0.120. The Kier molecular flexibility index (Phi) is 3.96. The number of hydrogen-bond acceptors (Lipinski definition) is 3. The first-order valence-electron chi connectivity index (χ1n) is 6.06. The summed E-state index contributed by atoms with van der Waals surface area (Å²) in [6, 6.07) is 4.00. The molecule has 17 heavy (non-hydrogen) atoms. The Hall–Kier alpha value is -1.58. The van der Waals surface area contributed by atoms with Crippen LogP contribution >= 0.6 is 0 Å². The smallest absolute Gasteiger partial charge is 0.218 e. The van der Waals surface area contributed by atoms with E-state index in [0.29, 0.717) is 5.88 Å². The van der Waals surface area contributed by atoms with Gasteiger partial charge in [-0.15, -0.1) is 0 Å². The lowest BCUT2D eigenvalue weighted by Crippen LogP contribution is -2.27. The van der Waals surface area contributed by atoms with Crippen molar-refractivity contribution in [3.05, 3.63) is 23.9 Å². The van der Waals surface area contributed by atoms with Crippen molar-refractivity contribution >= 4 is 6.41 Å². The van der Waals surface area contributed by atoms with Gasteiger partial charge in [-0.05, 0) is 18.9 Å². The molecule has 2 heterocycles. The number of carbonyl (C=O) groups excluding carboxylic acids is 1. The van der Waals surface area contributed by atoms with Crippen molar-refractivity contribution in [3.63, 3.8) is 0 Å². The van der Waals surface area contributed by atoms with Crippen molar-refractivity contribution in [2.45, 2.75) is 31.7 Å². The van der Waals surface area contributed by atoms with Gasteiger partial charge in [0, 0.05) is 18.3 Å². The van der Waals surface area contributed by atoms with Gasteiger partial charge in [0.15, 0.2) is 0 Å². The van der Waals surface area contributed by atoms with E-state index in [4.69, 9.17) is 4.74 Å². The van der Waals surface area contributed by atoms with E-state index in [-0.39, 0.29) is 6.04 Å². The van der Waals surface area contributed by atoms with Gasteiger partial charge in [0.1, 0.15) is 0 Å². The third-order valence-electron chi connectivity index (χ3n) is 3.28. The highest BCUT2D eigenvalue weighted by Crippen LogP contribution is 2.33. The highest BCUT2D eigenvalue weighted by molar-refractivity contribution is 5.49. The normalized spacial score (nSPS) is 20.8. The maximum atomic E-state index is 11.2. The predicted octanol–water partition coefficient (Wildman–Crippen LogP) is 2.16. The summed E-state index contributed by atoms with van der Waals surface area (Å²) in [6.07, 6.45) is 7.06. The Balaban J connectivity index is 2.31. The summed E-state index contributed by atoms with van der Waals surface area (Å²) in [4.78, 5) is 17.2. The van der Waals surface area contributed by atoms with Gasteiger partial charge in [0.2, 0.25) is 12.3 Å². The maximum absolute atomic E-state index is 11.2. The van der Waals surface area contributed by atoms with Gasteiger partial charge in [0.25, 0.3) is 0 Å². The molecule has 2 rings (SSSR count). The second kappa shape index (κ2) is 5.66. The molecule has 1 fully saturated rings. The largest absolute Gasteiger partial charge is 0.481 e. The molecule has 0 saturated carbocycles. The first kappa shape index (κ1) is 11.9. The van der Waals surface area contributed by atoms with E-state index >= 15 is 0 Å². The van der Waals surface area contributed by atoms with Crippen LogP contribution in [0.25, 0.3) is 0 Å². The monoisotopic (exact) mass is 234 g/mol. The van der Waals surface area contributed by atoms with Crippen LogP contribution in [0.3, 0.4) is 0 Å². The minimum absolute atomic E-state index is 0.110. The first-order chi connectivity index (χ1) is 8.36. The van der Waals surface area contributed by atoms with Crippen LogP contribution in [0.5, 0.6) is 5.88 Å². The minimum Gasteiger partial charge on any atom is -0.481 e. The second-order valence-electron chi connectivity index (χ2n) is 4.31. The van der Waals surface area contributed by atoms with Crippen LogP contribution in [-0.2, 0) is 4.79 Å². The Morgan fingerprint density at radius 3 is 3.12 bits per heavy atom. The molecule has 0 aromatic carbocycles. The van der Waals surface area contributed by atoms with Gasteiger partial charge < -0.3 is 9.64 Å². The molecule has 0 unspecified atom stereocenters. The highest BCUT2D eigenvalue weighted by atomic mass is 16.5. The third-order valence-corrected chi connectivity index (χ3v) is 3.28. The van der Waals surface area contributed by atoms with E-state index in [9.17, 15) is 4.79 Å².